The predicted octanol–water partition coefficient (Wildman–Crippen LogP) is 3.69. The molecule has 2 heterocycles. The van der Waals surface area contributed by atoms with E-state index in [1.807, 2.05) is 44.2 Å². The lowest BCUT2D eigenvalue weighted by atomic mass is 10.2. The van der Waals surface area contributed by atoms with E-state index < -0.39 is 0 Å². The molecule has 0 saturated heterocycles. The molecule has 0 amide bonds. The van der Waals surface area contributed by atoms with E-state index in [0.29, 0.717) is 18.2 Å². The fourth-order valence-electron chi connectivity index (χ4n) is 2.08. The fraction of sp³-hybridized carbons (Fsp3) is 0.250. The number of benzene rings is 1. The minimum Gasteiger partial charge on any atom is -0.494 e. The highest BCUT2D eigenvalue weighted by molar-refractivity contribution is 5.63. The molecule has 1 N–H and O–H groups in total. The molecular formula is C16H17N3O2. The van der Waals surface area contributed by atoms with E-state index in [0.717, 1.165) is 29.1 Å². The van der Waals surface area contributed by atoms with Crippen molar-refractivity contribution in [2.75, 3.05) is 6.61 Å². The highest BCUT2D eigenvalue weighted by Gasteiger charge is 2.10. The molecule has 0 atom stereocenters. The molecule has 3 rings (SSSR count). The first-order valence-corrected chi connectivity index (χ1v) is 7.04. The van der Waals surface area contributed by atoms with E-state index in [1.165, 1.54) is 0 Å². The number of H-pyrrole nitrogens is 1. The molecule has 0 unspecified atom stereocenters. The number of nitrogens with one attached hydrogen (secondary N) is 1. The number of imidazole rings is 1. The summed E-state index contributed by atoms with van der Waals surface area (Å²) in [7, 11) is 0. The first-order chi connectivity index (χ1) is 10.3. The van der Waals surface area contributed by atoms with Gasteiger partial charge in [-0.25, -0.2) is 4.98 Å². The largest absolute Gasteiger partial charge is 0.494 e. The van der Waals surface area contributed by atoms with Gasteiger partial charge in [0.25, 0.3) is 0 Å². The van der Waals surface area contributed by atoms with Crippen LogP contribution in [0.4, 0.5) is 0 Å². The summed E-state index contributed by atoms with van der Waals surface area (Å²) in [6.07, 6.45) is 2.63. The fourth-order valence-corrected chi connectivity index (χ4v) is 2.08. The Balaban J connectivity index is 1.83. The van der Waals surface area contributed by atoms with Crippen LogP contribution in [0.5, 0.6) is 5.75 Å². The van der Waals surface area contributed by atoms with Crippen molar-refractivity contribution in [2.45, 2.75) is 20.3 Å². The lowest BCUT2D eigenvalue weighted by molar-refractivity contribution is 0.340. The first-order valence-electron chi connectivity index (χ1n) is 7.04. The zero-order valence-corrected chi connectivity index (χ0v) is 12.1. The van der Waals surface area contributed by atoms with Gasteiger partial charge in [0.05, 0.1) is 24.2 Å². The van der Waals surface area contributed by atoms with Crippen LogP contribution in [0.1, 0.15) is 19.5 Å². The first kappa shape index (κ1) is 13.4. The van der Waals surface area contributed by atoms with Crippen LogP contribution in [0.2, 0.25) is 0 Å². The second kappa shape index (κ2) is 5.83. The second-order valence-corrected chi connectivity index (χ2v) is 4.64. The molecule has 0 radical (unpaired) electrons. The lowest BCUT2D eigenvalue weighted by Crippen LogP contribution is -1.90. The number of nitrogens with zero attached hydrogens (tertiary/aromatic N) is 2. The smallest absolute Gasteiger partial charge is 0.202 e. The number of hydrogen-bond acceptors (Lipinski definition) is 4. The summed E-state index contributed by atoms with van der Waals surface area (Å²) in [5, 5.41) is 3.97. The Labute approximate surface area is 123 Å². The van der Waals surface area contributed by atoms with Crippen LogP contribution < -0.4 is 4.74 Å². The monoisotopic (exact) mass is 283 g/mol. The molecular weight excluding hydrogens is 266 g/mol. The van der Waals surface area contributed by atoms with Crippen LogP contribution in [-0.4, -0.2) is 21.7 Å². The molecule has 108 valence electrons. The molecule has 5 heteroatoms. The Morgan fingerprint density at radius 2 is 2.00 bits per heavy atom. The summed E-state index contributed by atoms with van der Waals surface area (Å²) in [5.74, 6) is 2.21. The van der Waals surface area contributed by atoms with Gasteiger partial charge in [0.15, 0.2) is 5.82 Å². The average molecular weight is 283 g/mol. The maximum Gasteiger partial charge on any atom is 0.202 e. The van der Waals surface area contributed by atoms with Crippen molar-refractivity contribution < 1.29 is 9.26 Å². The summed E-state index contributed by atoms with van der Waals surface area (Å²) in [4.78, 5) is 7.60. The van der Waals surface area contributed by atoms with Crippen LogP contribution in [0.25, 0.3) is 22.8 Å². The SMILES string of the molecule is CCOc1ccc(-c2cnc(-c3cc(CC)no3)[nH]2)cc1. The molecule has 0 aliphatic heterocycles. The number of aryl methyl sites for hydroxylation is 1. The number of aromatic amines is 1. The van der Waals surface area contributed by atoms with Crippen molar-refractivity contribution >= 4 is 0 Å². The van der Waals surface area contributed by atoms with Gasteiger partial charge in [-0.05, 0) is 43.2 Å². The van der Waals surface area contributed by atoms with Crippen LogP contribution >= 0.6 is 0 Å². The van der Waals surface area contributed by atoms with Gasteiger partial charge in [-0.1, -0.05) is 12.1 Å². The third-order valence-corrected chi connectivity index (χ3v) is 3.21. The Morgan fingerprint density at radius 3 is 2.67 bits per heavy atom. The van der Waals surface area contributed by atoms with Gasteiger partial charge < -0.3 is 14.2 Å². The van der Waals surface area contributed by atoms with E-state index in [2.05, 4.69) is 15.1 Å². The Kier molecular flexibility index (Phi) is 3.73. The molecule has 5 nitrogen and oxygen atoms in total. The number of aromatic nitrogens is 3. The van der Waals surface area contributed by atoms with Crippen LogP contribution in [-0.2, 0) is 6.42 Å². The molecule has 0 spiro atoms. The zero-order valence-electron chi connectivity index (χ0n) is 12.1. The van der Waals surface area contributed by atoms with Crippen molar-refractivity contribution in [3.05, 3.63) is 42.2 Å². The molecule has 0 fully saturated rings. The molecule has 3 aromatic rings. The third-order valence-electron chi connectivity index (χ3n) is 3.21. The molecule has 0 aliphatic rings. The molecule has 2 aromatic heterocycles. The van der Waals surface area contributed by atoms with E-state index in [4.69, 9.17) is 9.26 Å². The summed E-state index contributed by atoms with van der Waals surface area (Å²) in [5.41, 5.74) is 2.90. The standard InChI is InChI=1S/C16H17N3O2/c1-3-12-9-15(21-19-12)16-17-10-14(18-16)11-5-7-13(8-6-11)20-4-2/h5-10H,3-4H2,1-2H3,(H,17,18). The van der Waals surface area contributed by atoms with E-state index in [1.54, 1.807) is 6.20 Å². The number of hydrogen-bond donors (Lipinski definition) is 1. The molecule has 1 aromatic carbocycles. The van der Waals surface area contributed by atoms with Gasteiger partial charge in [-0.3, -0.25) is 0 Å². The summed E-state index contributed by atoms with van der Waals surface area (Å²) < 4.78 is 10.7. The highest BCUT2D eigenvalue weighted by Crippen LogP contribution is 2.24. The van der Waals surface area contributed by atoms with Gasteiger partial charge in [-0.15, -0.1) is 0 Å². The summed E-state index contributed by atoms with van der Waals surface area (Å²) in [6, 6.07) is 9.80. The van der Waals surface area contributed by atoms with Crippen molar-refractivity contribution in [3.8, 4) is 28.6 Å². The van der Waals surface area contributed by atoms with Gasteiger partial charge in [0.1, 0.15) is 5.75 Å². The van der Waals surface area contributed by atoms with E-state index in [9.17, 15) is 0 Å². The number of ether oxygens (including phenoxy) is 1. The molecule has 21 heavy (non-hydrogen) atoms. The predicted molar refractivity (Wildman–Crippen MR) is 80.1 cm³/mol. The Bertz CT molecular complexity index is 713. The maximum atomic E-state index is 5.44. The van der Waals surface area contributed by atoms with Gasteiger partial charge in [0, 0.05) is 6.07 Å². The average Bonchev–Trinajstić information content (AvgIpc) is 3.17. The topological polar surface area (TPSA) is 63.9 Å². The minimum absolute atomic E-state index is 0.657. The minimum atomic E-state index is 0.657. The van der Waals surface area contributed by atoms with Crippen molar-refractivity contribution in [3.63, 3.8) is 0 Å². The van der Waals surface area contributed by atoms with Crippen LogP contribution in [0.15, 0.2) is 41.1 Å². The Morgan fingerprint density at radius 1 is 1.19 bits per heavy atom. The van der Waals surface area contributed by atoms with Crippen molar-refractivity contribution in [2.24, 2.45) is 0 Å². The lowest BCUT2D eigenvalue weighted by Gasteiger charge is -2.03. The molecule has 0 saturated carbocycles. The summed E-state index contributed by atoms with van der Waals surface area (Å²) in [6.45, 7) is 4.67. The maximum absolute atomic E-state index is 5.44. The van der Waals surface area contributed by atoms with Crippen molar-refractivity contribution in [1.82, 2.24) is 15.1 Å². The summed E-state index contributed by atoms with van der Waals surface area (Å²) >= 11 is 0. The quantitative estimate of drug-likeness (QED) is 0.775. The van der Waals surface area contributed by atoms with Crippen LogP contribution in [0.3, 0.4) is 0 Å². The highest BCUT2D eigenvalue weighted by atomic mass is 16.5. The van der Waals surface area contributed by atoms with Gasteiger partial charge >= 0.3 is 0 Å². The zero-order chi connectivity index (χ0) is 14.7. The van der Waals surface area contributed by atoms with Crippen LogP contribution in [0, 0.1) is 0 Å². The Hall–Kier alpha value is -2.56. The normalized spacial score (nSPS) is 10.8. The van der Waals surface area contributed by atoms with E-state index in [-0.39, 0.29) is 0 Å². The van der Waals surface area contributed by atoms with Gasteiger partial charge in [-0.2, -0.15) is 0 Å². The van der Waals surface area contributed by atoms with Crippen molar-refractivity contribution in [1.29, 1.82) is 0 Å². The van der Waals surface area contributed by atoms with E-state index >= 15 is 0 Å². The third kappa shape index (κ3) is 2.81. The molecule has 0 bridgehead atoms. The van der Waals surface area contributed by atoms with Gasteiger partial charge in [0.2, 0.25) is 5.76 Å². The molecule has 0 aliphatic carbocycles. The second-order valence-electron chi connectivity index (χ2n) is 4.64. The number of rotatable bonds is 5.